The summed E-state index contributed by atoms with van der Waals surface area (Å²) < 4.78 is 0. The van der Waals surface area contributed by atoms with Crippen LogP contribution >= 0.6 is 0 Å². The number of hydrogen-bond acceptors (Lipinski definition) is 3. The third kappa shape index (κ3) is 3.70. The maximum atomic E-state index is 12.9. The van der Waals surface area contributed by atoms with E-state index >= 15 is 0 Å². The summed E-state index contributed by atoms with van der Waals surface area (Å²) in [6.45, 7) is 4.33. The Kier molecular flexibility index (Phi) is 5.10. The first-order valence-electron chi connectivity index (χ1n) is 11.6. The van der Waals surface area contributed by atoms with Crippen molar-refractivity contribution >= 4 is 11.9 Å². The number of carbonyl (C=O) groups excluding carboxylic acids is 1. The van der Waals surface area contributed by atoms with Gasteiger partial charge in [0.2, 0.25) is 0 Å². The number of amidine groups is 1. The van der Waals surface area contributed by atoms with E-state index in [4.69, 9.17) is 0 Å². The van der Waals surface area contributed by atoms with Gasteiger partial charge in [-0.2, -0.15) is 4.99 Å². The van der Waals surface area contributed by atoms with E-state index in [1.54, 1.807) is 0 Å². The Morgan fingerprint density at radius 3 is 2.55 bits per heavy atom. The number of urea groups is 1. The predicted octanol–water partition coefficient (Wildman–Crippen LogP) is 4.33. The van der Waals surface area contributed by atoms with E-state index in [0.29, 0.717) is 18.1 Å². The molecule has 2 heterocycles. The fraction of sp³-hybridized carbons (Fsp3) is 0.667. The van der Waals surface area contributed by atoms with Gasteiger partial charge in [-0.25, -0.2) is 4.79 Å². The fourth-order valence-corrected chi connectivity index (χ4v) is 5.75. The summed E-state index contributed by atoms with van der Waals surface area (Å²) in [6.07, 6.45) is 10.6. The number of benzene rings is 1. The topological polar surface area (TPSA) is 47.9 Å². The number of amides is 2. The van der Waals surface area contributed by atoms with Crippen molar-refractivity contribution in [1.29, 1.82) is 0 Å². The third-order valence-electron chi connectivity index (χ3n) is 7.47. The molecule has 2 atom stereocenters. The third-order valence-corrected chi connectivity index (χ3v) is 7.47. The second-order valence-electron chi connectivity index (χ2n) is 9.61. The van der Waals surface area contributed by atoms with Crippen LogP contribution in [0.2, 0.25) is 0 Å². The van der Waals surface area contributed by atoms with Gasteiger partial charge in [-0.15, -0.1) is 0 Å². The van der Waals surface area contributed by atoms with Crippen LogP contribution < -0.4 is 5.32 Å². The first kappa shape index (κ1) is 19.1. The second-order valence-corrected chi connectivity index (χ2v) is 9.61. The number of carbonyl (C=O) groups is 1. The molecule has 0 radical (unpaired) electrons. The highest BCUT2D eigenvalue weighted by Crippen LogP contribution is 2.44. The molecule has 4 aliphatic rings. The Morgan fingerprint density at radius 2 is 1.86 bits per heavy atom. The summed E-state index contributed by atoms with van der Waals surface area (Å²) in [7, 11) is 0. The van der Waals surface area contributed by atoms with Crippen LogP contribution in [0, 0.1) is 0 Å². The smallest absolute Gasteiger partial charge is 0.346 e. The number of likely N-dealkylation sites (tertiary alicyclic amines) is 1. The van der Waals surface area contributed by atoms with Crippen molar-refractivity contribution in [1.82, 2.24) is 15.1 Å². The first-order valence-corrected chi connectivity index (χ1v) is 11.6. The summed E-state index contributed by atoms with van der Waals surface area (Å²) in [4.78, 5) is 22.3. The Morgan fingerprint density at radius 1 is 1.10 bits per heavy atom. The number of nitrogens with one attached hydrogen (secondary N) is 1. The molecule has 5 heteroatoms. The van der Waals surface area contributed by atoms with Crippen molar-refractivity contribution in [2.24, 2.45) is 4.99 Å². The summed E-state index contributed by atoms with van der Waals surface area (Å²) in [6, 6.07) is 12.1. The molecule has 2 aliphatic carbocycles. The van der Waals surface area contributed by atoms with Crippen molar-refractivity contribution in [3.63, 3.8) is 0 Å². The largest absolute Gasteiger partial charge is 0.369 e. The number of nitrogens with zero attached hydrogens (tertiary/aromatic N) is 3. The Labute approximate surface area is 174 Å². The molecule has 2 amide bonds. The second kappa shape index (κ2) is 7.75. The summed E-state index contributed by atoms with van der Waals surface area (Å²) in [5.74, 6) is 0.993. The highest BCUT2D eigenvalue weighted by Gasteiger charge is 2.57. The summed E-state index contributed by atoms with van der Waals surface area (Å²) >= 11 is 0. The van der Waals surface area contributed by atoms with E-state index in [1.165, 1.54) is 37.7 Å². The van der Waals surface area contributed by atoms with Crippen LogP contribution in [0.25, 0.3) is 0 Å². The van der Waals surface area contributed by atoms with Crippen molar-refractivity contribution in [3.05, 3.63) is 35.9 Å². The van der Waals surface area contributed by atoms with Gasteiger partial charge in [0, 0.05) is 31.2 Å². The average Bonchev–Trinajstić information content (AvgIpc) is 3.52. The Balaban J connectivity index is 1.35. The van der Waals surface area contributed by atoms with Gasteiger partial charge in [-0.3, -0.25) is 4.90 Å². The molecular formula is C24H34N4O. The molecule has 0 aromatic heterocycles. The van der Waals surface area contributed by atoms with Crippen LogP contribution in [0.15, 0.2) is 35.3 Å². The van der Waals surface area contributed by atoms with Gasteiger partial charge in [0.1, 0.15) is 11.4 Å². The van der Waals surface area contributed by atoms with Crippen molar-refractivity contribution in [2.75, 3.05) is 6.54 Å². The molecule has 1 spiro atoms. The van der Waals surface area contributed by atoms with Crippen molar-refractivity contribution < 1.29 is 4.79 Å². The number of aliphatic imine (C=N–C) groups is 1. The van der Waals surface area contributed by atoms with Gasteiger partial charge in [-0.05, 0) is 51.0 Å². The zero-order valence-electron chi connectivity index (χ0n) is 17.6. The van der Waals surface area contributed by atoms with Gasteiger partial charge >= 0.3 is 6.03 Å². The fourth-order valence-electron chi connectivity index (χ4n) is 5.75. The Bertz CT molecular complexity index is 768. The average molecular weight is 395 g/mol. The van der Waals surface area contributed by atoms with Crippen LogP contribution in [0.3, 0.4) is 0 Å². The molecule has 0 unspecified atom stereocenters. The summed E-state index contributed by atoms with van der Waals surface area (Å²) in [5.41, 5.74) is 1.16. The molecule has 2 aliphatic heterocycles. The zero-order valence-corrected chi connectivity index (χ0v) is 17.6. The molecule has 1 aromatic carbocycles. The van der Waals surface area contributed by atoms with E-state index < -0.39 is 0 Å². The molecule has 1 aromatic rings. The van der Waals surface area contributed by atoms with E-state index in [1.807, 2.05) is 0 Å². The maximum Gasteiger partial charge on any atom is 0.346 e. The van der Waals surface area contributed by atoms with Crippen LogP contribution in [-0.2, 0) is 6.54 Å². The van der Waals surface area contributed by atoms with Crippen LogP contribution in [0.1, 0.15) is 70.3 Å². The molecule has 1 N–H and O–H groups in total. The molecule has 0 bridgehead atoms. The number of piperidine rings is 1. The quantitative estimate of drug-likeness (QED) is 0.827. The standard InChI is InChI=1S/C24H34N4O/c1-18-16-24(14-15-27(18)17-19-8-4-2-5-9-19)22(25-20-10-6-3-7-11-20)26-23(29)28(24)21-12-13-21/h2,4-5,8-9,18,20-21H,3,6-7,10-17H2,1H3,(H,25,26,29)/t18-,24+/m0/s1. The highest BCUT2D eigenvalue weighted by molar-refractivity contribution is 6.07. The molecule has 5 nitrogen and oxygen atoms in total. The molecule has 1 saturated heterocycles. The Hall–Kier alpha value is -1.88. The lowest BCUT2D eigenvalue weighted by Gasteiger charge is -2.49. The van der Waals surface area contributed by atoms with E-state index in [2.05, 4.69) is 57.4 Å². The lowest BCUT2D eigenvalue weighted by molar-refractivity contribution is 0.0561. The number of rotatable bonds is 4. The van der Waals surface area contributed by atoms with Crippen molar-refractivity contribution in [2.45, 2.75) is 94.9 Å². The normalized spacial score (nSPS) is 31.3. The van der Waals surface area contributed by atoms with Gasteiger partial charge < -0.3 is 10.2 Å². The lowest BCUT2D eigenvalue weighted by Crippen LogP contribution is -2.64. The van der Waals surface area contributed by atoms with Crippen LogP contribution in [0.5, 0.6) is 0 Å². The monoisotopic (exact) mass is 394 g/mol. The minimum Gasteiger partial charge on any atom is -0.369 e. The predicted molar refractivity (Wildman–Crippen MR) is 116 cm³/mol. The first-order chi connectivity index (χ1) is 14.2. The molecule has 2 saturated carbocycles. The van der Waals surface area contributed by atoms with Crippen molar-refractivity contribution in [3.8, 4) is 0 Å². The van der Waals surface area contributed by atoms with E-state index in [9.17, 15) is 4.79 Å². The molecule has 156 valence electrons. The lowest BCUT2D eigenvalue weighted by atomic mass is 9.80. The maximum absolute atomic E-state index is 12.9. The highest BCUT2D eigenvalue weighted by atomic mass is 16.2. The van der Waals surface area contributed by atoms with Gasteiger partial charge in [0.25, 0.3) is 0 Å². The molecule has 3 fully saturated rings. The van der Waals surface area contributed by atoms with Crippen LogP contribution in [-0.4, -0.2) is 51.9 Å². The van der Waals surface area contributed by atoms with E-state index in [-0.39, 0.29) is 11.6 Å². The molecular weight excluding hydrogens is 360 g/mol. The molecule has 29 heavy (non-hydrogen) atoms. The van der Waals surface area contributed by atoms with E-state index in [0.717, 1.165) is 44.6 Å². The zero-order chi connectivity index (χ0) is 19.8. The van der Waals surface area contributed by atoms with Gasteiger partial charge in [-0.1, -0.05) is 49.6 Å². The summed E-state index contributed by atoms with van der Waals surface area (Å²) in [5, 5.41) is 3.78. The SMILES string of the molecule is C[C@H]1C[C@]2(CCN1Cc1ccccc1)C(NC1CCCCC1)=NC(=O)N2C1CC1. The van der Waals surface area contributed by atoms with Crippen LogP contribution in [0.4, 0.5) is 4.79 Å². The number of hydrogen-bond donors (Lipinski definition) is 1. The molecule has 5 rings (SSSR count). The minimum atomic E-state index is -0.206. The minimum absolute atomic E-state index is 0.00881. The van der Waals surface area contributed by atoms with Gasteiger partial charge in [0.05, 0.1) is 0 Å². The van der Waals surface area contributed by atoms with Gasteiger partial charge in [0.15, 0.2) is 0 Å².